The van der Waals surface area contributed by atoms with Crippen molar-refractivity contribution in [3.05, 3.63) is 54.6 Å². The Labute approximate surface area is 183 Å². The number of piperidine rings is 1. The third kappa shape index (κ3) is 5.83. The molecule has 0 aliphatic carbocycles. The minimum Gasteiger partial charge on any atom is -0.492 e. The lowest BCUT2D eigenvalue weighted by molar-refractivity contribution is -0.119. The first kappa shape index (κ1) is 22.8. The van der Waals surface area contributed by atoms with Gasteiger partial charge in [-0.15, -0.1) is 0 Å². The van der Waals surface area contributed by atoms with E-state index in [0.29, 0.717) is 18.0 Å². The van der Waals surface area contributed by atoms with Gasteiger partial charge < -0.3 is 9.64 Å². The average Bonchev–Trinajstić information content (AvgIpc) is 2.78. The van der Waals surface area contributed by atoms with Crippen molar-refractivity contribution in [1.29, 1.82) is 0 Å². The quantitative estimate of drug-likeness (QED) is 0.632. The minimum atomic E-state index is -4.00. The summed E-state index contributed by atoms with van der Waals surface area (Å²) in [5.74, 6) is -0.129. The molecule has 31 heavy (non-hydrogen) atoms. The minimum absolute atomic E-state index is 0.0933. The fourth-order valence-corrected chi connectivity index (χ4v) is 4.71. The molecule has 0 atom stereocenters. The number of sulfonamides is 1. The van der Waals surface area contributed by atoms with Gasteiger partial charge in [0.2, 0.25) is 0 Å². The standard InChI is InChI=1S/C22H28N4O4S/c1-3-30-21-12-8-7-11-20(21)26(31(28,29)19-9-5-4-6-10-19)17-22(27)24-23-18-13-15-25(2)16-14-18/h4-12H,3,13-17H2,1-2H3,(H,24,27). The lowest BCUT2D eigenvalue weighted by Crippen LogP contribution is -2.40. The fraction of sp³-hybridized carbons (Fsp3) is 0.364. The molecule has 1 heterocycles. The number of benzene rings is 2. The van der Waals surface area contributed by atoms with Crippen molar-refractivity contribution in [2.45, 2.75) is 24.7 Å². The number of ether oxygens (including phenoxy) is 1. The number of anilines is 1. The highest BCUT2D eigenvalue weighted by atomic mass is 32.2. The molecule has 8 nitrogen and oxygen atoms in total. The molecule has 1 fully saturated rings. The van der Waals surface area contributed by atoms with Crippen LogP contribution in [-0.2, 0) is 14.8 Å². The van der Waals surface area contributed by atoms with E-state index in [1.807, 2.05) is 14.0 Å². The first-order valence-electron chi connectivity index (χ1n) is 10.2. The van der Waals surface area contributed by atoms with Crippen molar-refractivity contribution in [1.82, 2.24) is 10.3 Å². The van der Waals surface area contributed by atoms with E-state index in [4.69, 9.17) is 4.74 Å². The Morgan fingerprint density at radius 1 is 1.10 bits per heavy atom. The van der Waals surface area contributed by atoms with E-state index in [1.54, 1.807) is 42.5 Å². The number of rotatable bonds is 8. The summed E-state index contributed by atoms with van der Waals surface area (Å²) < 4.78 is 33.5. The second kappa shape index (κ2) is 10.4. The highest BCUT2D eigenvalue weighted by Gasteiger charge is 2.29. The number of carbonyl (C=O) groups excluding carboxylic acids is 1. The molecule has 0 unspecified atom stereocenters. The molecule has 0 saturated carbocycles. The topological polar surface area (TPSA) is 91.3 Å². The predicted molar refractivity (Wildman–Crippen MR) is 121 cm³/mol. The van der Waals surface area contributed by atoms with Crippen LogP contribution in [0.1, 0.15) is 19.8 Å². The molecule has 1 saturated heterocycles. The Kier molecular flexibility index (Phi) is 7.64. The highest BCUT2D eigenvalue weighted by molar-refractivity contribution is 7.92. The van der Waals surface area contributed by atoms with Gasteiger partial charge in [-0.25, -0.2) is 13.8 Å². The fourth-order valence-electron chi connectivity index (χ4n) is 3.26. The zero-order chi connectivity index (χ0) is 22.3. The summed E-state index contributed by atoms with van der Waals surface area (Å²) in [6, 6.07) is 14.8. The maximum absolute atomic E-state index is 13.4. The van der Waals surface area contributed by atoms with Crippen LogP contribution in [0.4, 0.5) is 5.69 Å². The van der Waals surface area contributed by atoms with E-state index in [0.717, 1.165) is 35.9 Å². The summed E-state index contributed by atoms with van der Waals surface area (Å²) >= 11 is 0. The molecule has 1 amide bonds. The van der Waals surface area contributed by atoms with Gasteiger partial charge in [0.15, 0.2) is 0 Å². The number of carbonyl (C=O) groups is 1. The van der Waals surface area contributed by atoms with Crippen LogP contribution in [0.5, 0.6) is 5.75 Å². The highest BCUT2D eigenvalue weighted by Crippen LogP contribution is 2.32. The van der Waals surface area contributed by atoms with E-state index in [9.17, 15) is 13.2 Å². The van der Waals surface area contributed by atoms with Crippen LogP contribution in [-0.4, -0.2) is 58.2 Å². The van der Waals surface area contributed by atoms with Gasteiger partial charge >= 0.3 is 0 Å². The van der Waals surface area contributed by atoms with Gasteiger partial charge in [0.25, 0.3) is 15.9 Å². The summed E-state index contributed by atoms with van der Waals surface area (Å²) in [4.78, 5) is 15.0. The number of amides is 1. The molecule has 1 aliphatic rings. The molecule has 1 aliphatic heterocycles. The van der Waals surface area contributed by atoms with Crippen LogP contribution in [0.3, 0.4) is 0 Å². The summed E-state index contributed by atoms with van der Waals surface area (Å²) in [6.07, 6.45) is 1.55. The monoisotopic (exact) mass is 444 g/mol. The number of nitrogens with zero attached hydrogens (tertiary/aromatic N) is 3. The number of hydrogen-bond donors (Lipinski definition) is 1. The van der Waals surface area contributed by atoms with E-state index in [2.05, 4.69) is 15.4 Å². The third-order valence-electron chi connectivity index (χ3n) is 4.96. The summed E-state index contributed by atoms with van der Waals surface area (Å²) in [5, 5.41) is 4.22. The normalized spacial score (nSPS) is 14.7. The number of hydrazone groups is 1. The molecular weight excluding hydrogens is 416 g/mol. The lowest BCUT2D eigenvalue weighted by Gasteiger charge is -2.26. The summed E-state index contributed by atoms with van der Waals surface area (Å²) in [5.41, 5.74) is 3.73. The number of para-hydroxylation sites is 2. The summed E-state index contributed by atoms with van der Waals surface area (Å²) in [6.45, 7) is 3.52. The van der Waals surface area contributed by atoms with Crippen LogP contribution in [0.2, 0.25) is 0 Å². The Bertz CT molecular complexity index is 1010. The zero-order valence-corrected chi connectivity index (χ0v) is 18.6. The smallest absolute Gasteiger partial charge is 0.264 e. The van der Waals surface area contributed by atoms with Crippen molar-refractivity contribution in [3.63, 3.8) is 0 Å². The molecule has 2 aromatic carbocycles. The van der Waals surface area contributed by atoms with Gasteiger partial charge in [-0.05, 0) is 38.2 Å². The van der Waals surface area contributed by atoms with Gasteiger partial charge in [-0.3, -0.25) is 9.10 Å². The second-order valence-corrected chi connectivity index (χ2v) is 9.10. The van der Waals surface area contributed by atoms with Crippen molar-refractivity contribution in [2.24, 2.45) is 5.10 Å². The maximum Gasteiger partial charge on any atom is 0.264 e. The molecular formula is C22H28N4O4S. The first-order chi connectivity index (χ1) is 14.9. The Morgan fingerprint density at radius 2 is 1.74 bits per heavy atom. The lowest BCUT2D eigenvalue weighted by atomic mass is 10.1. The molecule has 9 heteroatoms. The van der Waals surface area contributed by atoms with Gasteiger partial charge in [0.1, 0.15) is 12.3 Å². The molecule has 0 aromatic heterocycles. The zero-order valence-electron chi connectivity index (χ0n) is 17.8. The van der Waals surface area contributed by atoms with Crippen molar-refractivity contribution in [2.75, 3.05) is 37.6 Å². The average molecular weight is 445 g/mol. The van der Waals surface area contributed by atoms with Gasteiger partial charge in [-0.2, -0.15) is 5.10 Å². The van der Waals surface area contributed by atoms with E-state index < -0.39 is 22.5 Å². The van der Waals surface area contributed by atoms with Gasteiger partial charge in [0, 0.05) is 31.6 Å². The molecule has 0 bridgehead atoms. The van der Waals surface area contributed by atoms with Crippen molar-refractivity contribution < 1.29 is 17.9 Å². The molecule has 2 aromatic rings. The van der Waals surface area contributed by atoms with Crippen LogP contribution in [0.25, 0.3) is 0 Å². The molecule has 166 valence electrons. The van der Waals surface area contributed by atoms with Crippen molar-refractivity contribution >= 4 is 27.3 Å². The first-order valence-corrected chi connectivity index (χ1v) is 11.7. The largest absolute Gasteiger partial charge is 0.492 e. The number of hydrogen-bond acceptors (Lipinski definition) is 6. The number of nitrogens with one attached hydrogen (secondary N) is 1. The Morgan fingerprint density at radius 3 is 2.42 bits per heavy atom. The molecule has 0 radical (unpaired) electrons. The predicted octanol–water partition coefficient (Wildman–Crippen LogP) is 2.48. The number of likely N-dealkylation sites (tertiary alicyclic amines) is 1. The van der Waals surface area contributed by atoms with Crippen LogP contribution in [0, 0.1) is 0 Å². The van der Waals surface area contributed by atoms with Gasteiger partial charge in [-0.1, -0.05) is 30.3 Å². The molecule has 1 N–H and O–H groups in total. The van der Waals surface area contributed by atoms with E-state index >= 15 is 0 Å². The Hall–Kier alpha value is -2.91. The van der Waals surface area contributed by atoms with E-state index in [1.165, 1.54) is 12.1 Å². The third-order valence-corrected chi connectivity index (χ3v) is 6.73. The van der Waals surface area contributed by atoms with E-state index in [-0.39, 0.29) is 4.90 Å². The van der Waals surface area contributed by atoms with Crippen LogP contribution in [0.15, 0.2) is 64.6 Å². The second-order valence-electron chi connectivity index (χ2n) is 7.24. The SMILES string of the molecule is CCOc1ccccc1N(CC(=O)NN=C1CCN(C)CC1)S(=O)(=O)c1ccccc1. The molecule has 0 spiro atoms. The summed E-state index contributed by atoms with van der Waals surface area (Å²) in [7, 11) is -1.96. The maximum atomic E-state index is 13.4. The Balaban J connectivity index is 1.88. The van der Waals surface area contributed by atoms with Crippen LogP contribution >= 0.6 is 0 Å². The van der Waals surface area contributed by atoms with Gasteiger partial charge in [0.05, 0.1) is 17.2 Å². The van der Waals surface area contributed by atoms with Crippen LogP contribution < -0.4 is 14.5 Å². The van der Waals surface area contributed by atoms with Crippen molar-refractivity contribution in [3.8, 4) is 5.75 Å². The molecule has 3 rings (SSSR count).